The molecule has 0 aliphatic rings. The fraction of sp³-hybridized carbons (Fsp3) is 0. The van der Waals surface area contributed by atoms with E-state index in [0.717, 1.165) is 0 Å². The zero-order valence-corrected chi connectivity index (χ0v) is 6.23. The van der Waals surface area contributed by atoms with Crippen molar-refractivity contribution >= 4 is 11.5 Å². The molecule has 1 aromatic rings. The third-order valence-electron chi connectivity index (χ3n) is 1.35. The Labute approximate surface area is 69.0 Å². The summed E-state index contributed by atoms with van der Waals surface area (Å²) in [5.74, 6) is -0.0991. The van der Waals surface area contributed by atoms with E-state index in [4.69, 9.17) is 16.7 Å². The van der Waals surface area contributed by atoms with E-state index in [2.05, 4.69) is 10.0 Å². The highest BCUT2D eigenvalue weighted by Gasteiger charge is 2.00. The molecule has 0 aliphatic carbocycles. The second kappa shape index (κ2) is 3.41. The van der Waals surface area contributed by atoms with Gasteiger partial charge in [0, 0.05) is 16.2 Å². The molecule has 0 spiro atoms. The van der Waals surface area contributed by atoms with E-state index < -0.39 is 0 Å². The largest absolute Gasteiger partial charge is 0.384 e. The second-order valence-electron chi connectivity index (χ2n) is 2.12. The molecule has 0 heterocycles. The molecule has 0 aromatic heterocycles. The summed E-state index contributed by atoms with van der Waals surface area (Å²) >= 11 is 0. The van der Waals surface area contributed by atoms with Crippen molar-refractivity contribution in [2.75, 3.05) is 0 Å². The molecule has 12 heavy (non-hydrogen) atoms. The number of rotatable bonds is 2. The van der Waals surface area contributed by atoms with E-state index in [1.165, 1.54) is 0 Å². The molecule has 1 aromatic carbocycles. The quantitative estimate of drug-likeness (QED) is 0.223. The average molecular weight is 161 g/mol. The highest BCUT2D eigenvalue weighted by molar-refractivity contribution is 5.99. The zero-order valence-electron chi connectivity index (χ0n) is 6.23. The van der Waals surface area contributed by atoms with E-state index >= 15 is 0 Å². The summed E-state index contributed by atoms with van der Waals surface area (Å²) in [4.78, 5) is 2.62. The Morgan fingerprint density at radius 3 is 2.75 bits per heavy atom. The topological polar surface area (TPSA) is 98.6 Å². The molecule has 0 bridgehead atoms. The van der Waals surface area contributed by atoms with E-state index in [9.17, 15) is 0 Å². The number of benzene rings is 1. The first-order chi connectivity index (χ1) is 5.75. The fourth-order valence-electron chi connectivity index (χ4n) is 0.837. The molecule has 5 nitrogen and oxygen atoms in total. The Bertz CT molecular complexity index is 330. The van der Waals surface area contributed by atoms with Crippen LogP contribution in [0.15, 0.2) is 29.4 Å². The van der Waals surface area contributed by atoms with Crippen LogP contribution in [0.2, 0.25) is 0 Å². The van der Waals surface area contributed by atoms with Gasteiger partial charge in [0.1, 0.15) is 5.84 Å². The average Bonchev–Trinajstić information content (AvgIpc) is 2.05. The fourth-order valence-corrected chi connectivity index (χ4v) is 0.837. The third kappa shape index (κ3) is 1.53. The number of nitrogen functional groups attached to an aromatic ring is 1. The van der Waals surface area contributed by atoms with Gasteiger partial charge in [-0.3, -0.25) is 5.41 Å². The predicted molar refractivity (Wildman–Crippen MR) is 46.3 cm³/mol. The predicted octanol–water partition coefficient (Wildman–Crippen LogP) is 1.91. The number of azide groups is 1. The lowest BCUT2D eigenvalue weighted by molar-refractivity contribution is 1.39. The molecule has 0 radical (unpaired) electrons. The molecular weight excluding hydrogens is 154 g/mol. The molecule has 0 amide bonds. The molecule has 1 rings (SSSR count). The van der Waals surface area contributed by atoms with Crippen molar-refractivity contribution in [3.8, 4) is 0 Å². The van der Waals surface area contributed by atoms with Gasteiger partial charge in [0.05, 0.1) is 0 Å². The van der Waals surface area contributed by atoms with Crippen LogP contribution in [0.5, 0.6) is 0 Å². The van der Waals surface area contributed by atoms with Crippen LogP contribution in [-0.4, -0.2) is 5.84 Å². The van der Waals surface area contributed by atoms with Crippen LogP contribution >= 0.6 is 0 Å². The SMILES string of the molecule is [N-]=[N+]=Nc1ccccc1C(=N)N. The Hall–Kier alpha value is -2.00. The van der Waals surface area contributed by atoms with Crippen LogP contribution in [0, 0.1) is 5.41 Å². The Balaban J connectivity index is 3.26. The van der Waals surface area contributed by atoms with Crippen LogP contribution in [0.3, 0.4) is 0 Å². The molecule has 3 N–H and O–H groups in total. The number of nitrogens with zero attached hydrogens (tertiary/aromatic N) is 3. The third-order valence-corrected chi connectivity index (χ3v) is 1.35. The number of amidine groups is 1. The number of nitrogens with two attached hydrogens (primary N) is 1. The monoisotopic (exact) mass is 161 g/mol. The van der Waals surface area contributed by atoms with Gasteiger partial charge in [-0.15, -0.1) is 0 Å². The first-order valence-corrected chi connectivity index (χ1v) is 3.24. The normalized spacial score (nSPS) is 8.67. The highest BCUT2D eigenvalue weighted by atomic mass is 15.1. The minimum Gasteiger partial charge on any atom is -0.384 e. The van der Waals surface area contributed by atoms with E-state index in [0.29, 0.717) is 11.3 Å². The smallest absolute Gasteiger partial charge is 0.123 e. The summed E-state index contributed by atoms with van der Waals surface area (Å²) in [7, 11) is 0. The van der Waals surface area contributed by atoms with Crippen molar-refractivity contribution in [1.29, 1.82) is 5.41 Å². The van der Waals surface area contributed by atoms with Gasteiger partial charge in [-0.1, -0.05) is 29.4 Å². The van der Waals surface area contributed by atoms with Crippen LogP contribution in [0.1, 0.15) is 5.56 Å². The summed E-state index contributed by atoms with van der Waals surface area (Å²) < 4.78 is 0. The highest BCUT2D eigenvalue weighted by Crippen LogP contribution is 2.17. The first kappa shape index (κ1) is 8.10. The summed E-state index contributed by atoms with van der Waals surface area (Å²) in [5.41, 5.74) is 14.3. The van der Waals surface area contributed by atoms with Crippen molar-refractivity contribution in [2.24, 2.45) is 10.8 Å². The maximum atomic E-state index is 8.17. The Morgan fingerprint density at radius 1 is 1.50 bits per heavy atom. The van der Waals surface area contributed by atoms with Crippen molar-refractivity contribution in [1.82, 2.24) is 0 Å². The maximum Gasteiger partial charge on any atom is 0.123 e. The van der Waals surface area contributed by atoms with Gasteiger partial charge < -0.3 is 5.73 Å². The number of hydrogen-bond donors (Lipinski definition) is 2. The standard InChI is InChI=1S/C7H7N5/c8-7(9)5-3-1-2-4-6(5)11-12-10/h1-4H,(H3,8,9). The summed E-state index contributed by atoms with van der Waals surface area (Å²) in [6.07, 6.45) is 0. The Kier molecular flexibility index (Phi) is 2.30. The van der Waals surface area contributed by atoms with Crippen molar-refractivity contribution in [3.63, 3.8) is 0 Å². The second-order valence-corrected chi connectivity index (χ2v) is 2.12. The summed E-state index contributed by atoms with van der Waals surface area (Å²) in [6.45, 7) is 0. The van der Waals surface area contributed by atoms with Gasteiger partial charge in [-0.05, 0) is 5.53 Å². The van der Waals surface area contributed by atoms with Gasteiger partial charge >= 0.3 is 0 Å². The summed E-state index contributed by atoms with van der Waals surface area (Å²) in [5, 5.41) is 10.5. The van der Waals surface area contributed by atoms with Crippen LogP contribution in [0.25, 0.3) is 10.4 Å². The molecule has 0 fully saturated rings. The van der Waals surface area contributed by atoms with Gasteiger partial charge in [-0.2, -0.15) is 0 Å². The molecule has 0 saturated heterocycles. The lowest BCUT2D eigenvalue weighted by atomic mass is 10.2. The first-order valence-electron chi connectivity index (χ1n) is 3.24. The maximum absolute atomic E-state index is 8.17. The van der Waals surface area contributed by atoms with Crippen molar-refractivity contribution in [2.45, 2.75) is 0 Å². The molecule has 0 atom stereocenters. The molecule has 5 heteroatoms. The molecule has 0 unspecified atom stereocenters. The Morgan fingerprint density at radius 2 is 2.17 bits per heavy atom. The molecular formula is C7H7N5. The van der Waals surface area contributed by atoms with Crippen LogP contribution in [0.4, 0.5) is 5.69 Å². The number of hydrogen-bond acceptors (Lipinski definition) is 2. The zero-order chi connectivity index (χ0) is 8.97. The molecule has 0 saturated carbocycles. The van der Waals surface area contributed by atoms with Gasteiger partial charge in [0.25, 0.3) is 0 Å². The number of nitrogens with one attached hydrogen (secondary N) is 1. The van der Waals surface area contributed by atoms with Crippen LogP contribution < -0.4 is 5.73 Å². The summed E-state index contributed by atoms with van der Waals surface area (Å²) in [6, 6.07) is 6.69. The van der Waals surface area contributed by atoms with Gasteiger partial charge in [-0.25, -0.2) is 0 Å². The lowest BCUT2D eigenvalue weighted by Gasteiger charge is -2.00. The van der Waals surface area contributed by atoms with E-state index in [-0.39, 0.29) is 5.84 Å². The van der Waals surface area contributed by atoms with E-state index in [1.54, 1.807) is 24.3 Å². The van der Waals surface area contributed by atoms with E-state index in [1.807, 2.05) is 0 Å². The van der Waals surface area contributed by atoms with Gasteiger partial charge in [0.15, 0.2) is 0 Å². The molecule has 60 valence electrons. The van der Waals surface area contributed by atoms with Crippen molar-refractivity contribution in [3.05, 3.63) is 40.3 Å². The van der Waals surface area contributed by atoms with Crippen molar-refractivity contribution < 1.29 is 0 Å². The molecule has 0 aliphatic heterocycles. The van der Waals surface area contributed by atoms with Crippen LogP contribution in [-0.2, 0) is 0 Å². The minimum atomic E-state index is -0.0991. The van der Waals surface area contributed by atoms with Gasteiger partial charge in [0.2, 0.25) is 0 Å². The lowest BCUT2D eigenvalue weighted by Crippen LogP contribution is -2.10. The minimum absolute atomic E-state index is 0.0991.